The average Bonchev–Trinajstić information content (AvgIpc) is 4.03. The van der Waals surface area contributed by atoms with E-state index in [0.717, 1.165) is 5.92 Å². The molecule has 7 aromatic carbocycles. The molecular formula is C62H57BN2. The second-order valence-electron chi connectivity index (χ2n) is 23.2. The average molecular weight is 841 g/mol. The summed E-state index contributed by atoms with van der Waals surface area (Å²) in [5.74, 6) is 1.43. The number of hydrogen-bond acceptors (Lipinski definition) is 2. The van der Waals surface area contributed by atoms with Crippen molar-refractivity contribution < 1.29 is 0 Å². The van der Waals surface area contributed by atoms with Gasteiger partial charge in [0.25, 0.3) is 6.71 Å². The summed E-state index contributed by atoms with van der Waals surface area (Å²) < 4.78 is 0. The molecule has 7 aromatic rings. The zero-order valence-electron chi connectivity index (χ0n) is 38.8. The third-order valence-corrected chi connectivity index (χ3v) is 21.5. The molecule has 3 heteroatoms. The molecule has 8 aliphatic rings. The van der Waals surface area contributed by atoms with Gasteiger partial charge in [0.2, 0.25) is 0 Å². The molecule has 0 N–H and O–H groups in total. The minimum Gasteiger partial charge on any atom is -0.311 e. The van der Waals surface area contributed by atoms with Crippen molar-refractivity contribution >= 4 is 57.2 Å². The molecule has 2 aliphatic heterocycles. The highest BCUT2D eigenvalue weighted by molar-refractivity contribution is 7.01. The highest BCUT2D eigenvalue weighted by Crippen LogP contribution is 2.80. The van der Waals surface area contributed by atoms with E-state index in [-0.39, 0.29) is 39.2 Å². The van der Waals surface area contributed by atoms with Gasteiger partial charge in [-0.25, -0.2) is 0 Å². The van der Waals surface area contributed by atoms with Crippen LogP contribution in [0.4, 0.5) is 34.1 Å². The van der Waals surface area contributed by atoms with Gasteiger partial charge in [0.05, 0.1) is 5.69 Å². The van der Waals surface area contributed by atoms with Gasteiger partial charge in [-0.3, -0.25) is 0 Å². The Bertz CT molecular complexity index is 3270. The molecule has 65 heavy (non-hydrogen) atoms. The van der Waals surface area contributed by atoms with Crippen molar-refractivity contribution in [3.63, 3.8) is 0 Å². The van der Waals surface area contributed by atoms with Gasteiger partial charge in [0, 0.05) is 44.8 Å². The predicted molar refractivity (Wildman–Crippen MR) is 271 cm³/mol. The lowest BCUT2D eigenvalue weighted by Gasteiger charge is -2.49. The highest BCUT2D eigenvalue weighted by Gasteiger charge is 2.73. The van der Waals surface area contributed by atoms with E-state index in [1.54, 1.807) is 22.3 Å². The molecule has 0 amide bonds. The fourth-order valence-corrected chi connectivity index (χ4v) is 17.8. The molecule has 0 aromatic heterocycles. The van der Waals surface area contributed by atoms with E-state index in [1.807, 2.05) is 0 Å². The molecule has 3 unspecified atom stereocenters. The predicted octanol–water partition coefficient (Wildman–Crippen LogP) is 14.0. The fraction of sp³-hybridized carbons (Fsp3) is 0.323. The molecule has 0 radical (unpaired) electrons. The molecule has 6 atom stereocenters. The first-order valence-electron chi connectivity index (χ1n) is 24.9. The zero-order valence-corrected chi connectivity index (χ0v) is 38.8. The van der Waals surface area contributed by atoms with E-state index in [0.29, 0.717) is 5.92 Å². The summed E-state index contributed by atoms with van der Waals surface area (Å²) in [6.45, 7) is 15.8. The second kappa shape index (κ2) is 11.8. The molecule has 4 bridgehead atoms. The Morgan fingerprint density at radius 2 is 0.908 bits per heavy atom. The van der Waals surface area contributed by atoms with E-state index in [1.165, 1.54) is 111 Å². The maximum Gasteiger partial charge on any atom is 0.252 e. The monoisotopic (exact) mass is 840 g/mol. The molecule has 0 saturated heterocycles. The van der Waals surface area contributed by atoms with Crippen LogP contribution in [0.25, 0.3) is 22.3 Å². The minimum absolute atomic E-state index is 0.00680. The Morgan fingerprint density at radius 3 is 1.54 bits per heavy atom. The van der Waals surface area contributed by atoms with Crippen LogP contribution in [0.1, 0.15) is 102 Å². The van der Waals surface area contributed by atoms with Crippen LogP contribution < -0.4 is 26.2 Å². The number of para-hydroxylation sites is 2. The van der Waals surface area contributed by atoms with E-state index >= 15 is 0 Å². The third-order valence-electron chi connectivity index (χ3n) is 21.5. The van der Waals surface area contributed by atoms with Crippen molar-refractivity contribution in [3.05, 3.63) is 174 Å². The molecule has 4 fully saturated rings. The summed E-state index contributed by atoms with van der Waals surface area (Å²) in [5.41, 5.74) is 24.9. The molecule has 2 nitrogen and oxygen atoms in total. The summed E-state index contributed by atoms with van der Waals surface area (Å²) in [5, 5.41) is 0. The molecule has 15 rings (SSSR count). The smallest absolute Gasteiger partial charge is 0.252 e. The second-order valence-corrected chi connectivity index (χ2v) is 23.2. The summed E-state index contributed by atoms with van der Waals surface area (Å²) in [7, 11) is 0. The van der Waals surface area contributed by atoms with Crippen LogP contribution in [0.5, 0.6) is 0 Å². The summed E-state index contributed by atoms with van der Waals surface area (Å²) >= 11 is 0. The molecule has 6 aliphatic carbocycles. The van der Waals surface area contributed by atoms with E-state index in [9.17, 15) is 0 Å². The summed E-state index contributed by atoms with van der Waals surface area (Å²) in [6, 6.07) is 59.7. The number of hydrogen-bond donors (Lipinski definition) is 0. The first-order valence-corrected chi connectivity index (χ1v) is 24.9. The van der Waals surface area contributed by atoms with Crippen LogP contribution >= 0.6 is 0 Å². The molecule has 2 spiro atoms. The van der Waals surface area contributed by atoms with Crippen LogP contribution in [0, 0.1) is 33.5 Å². The lowest BCUT2D eigenvalue weighted by molar-refractivity contribution is 0.0990. The van der Waals surface area contributed by atoms with Crippen molar-refractivity contribution in [2.24, 2.45) is 33.5 Å². The van der Waals surface area contributed by atoms with Gasteiger partial charge in [-0.15, -0.1) is 0 Å². The summed E-state index contributed by atoms with van der Waals surface area (Å²) in [4.78, 5) is 5.32. The number of anilines is 6. The maximum atomic E-state index is 2.70. The van der Waals surface area contributed by atoms with Gasteiger partial charge in [0.1, 0.15) is 0 Å². The standard InChI is InChI=1S/C62H57BN2/c1-57(2)38-32-34-59(57,5)61(36-38)43-22-12-10-20-41(43)53-45(61)24-16-27-49(53)65-48-26-15-14-25-47(48)63-55-50(28-17-29-51(55)65)64(40-18-8-7-9-19-40)52-31-30-46-54(56(52)63)42-21-11-13-23-44(42)62(46)37-39-33-35-60(62,6)58(39,3)4/h7-31,38-39H,32-37H2,1-6H3/t38?,39?,59-,60?,61-,62-/m0/s1. The Kier molecular flexibility index (Phi) is 6.78. The van der Waals surface area contributed by atoms with Gasteiger partial charge >= 0.3 is 0 Å². The maximum absolute atomic E-state index is 2.70. The third kappa shape index (κ3) is 3.86. The summed E-state index contributed by atoms with van der Waals surface area (Å²) in [6.07, 6.45) is 7.71. The van der Waals surface area contributed by atoms with Crippen molar-refractivity contribution in [2.45, 2.75) is 90.9 Å². The van der Waals surface area contributed by atoms with E-state index in [4.69, 9.17) is 0 Å². The SMILES string of the molecule is CC1(C)C2CCC1(C)[C@@]1(C2)c2ccccc2-c2c1ccc1c2B2c3ccccc3N(c3cccc4c3-c3ccccc3[C@@]43CC4CC[C@@]3(C)C4(C)C)c3cccc(c32)N1c1ccccc1. The van der Waals surface area contributed by atoms with Gasteiger partial charge < -0.3 is 9.80 Å². The van der Waals surface area contributed by atoms with E-state index in [2.05, 4.69) is 203 Å². The highest BCUT2D eigenvalue weighted by atomic mass is 15.2. The Balaban J connectivity index is 1.03. The lowest BCUT2D eigenvalue weighted by Crippen LogP contribution is -2.62. The molecular weight excluding hydrogens is 784 g/mol. The number of fused-ring (bicyclic) bond motifs is 21. The Labute approximate surface area is 385 Å². The van der Waals surface area contributed by atoms with Crippen molar-refractivity contribution in [1.82, 2.24) is 0 Å². The van der Waals surface area contributed by atoms with Gasteiger partial charge in [0.15, 0.2) is 0 Å². The Hall–Kier alpha value is -5.80. The first kappa shape index (κ1) is 37.4. The van der Waals surface area contributed by atoms with Crippen molar-refractivity contribution in [3.8, 4) is 22.3 Å². The molecule has 318 valence electrons. The van der Waals surface area contributed by atoms with Gasteiger partial charge in [-0.2, -0.15) is 0 Å². The number of benzene rings is 7. The largest absolute Gasteiger partial charge is 0.311 e. The Morgan fingerprint density at radius 1 is 0.415 bits per heavy atom. The zero-order chi connectivity index (χ0) is 43.6. The number of nitrogens with zero attached hydrogens (tertiary/aromatic N) is 2. The van der Waals surface area contributed by atoms with Gasteiger partial charge in [-0.05, 0) is 170 Å². The first-order chi connectivity index (χ1) is 31.5. The lowest BCUT2D eigenvalue weighted by atomic mass is 9.32. The van der Waals surface area contributed by atoms with E-state index < -0.39 is 0 Å². The van der Waals surface area contributed by atoms with Gasteiger partial charge in [-0.1, -0.05) is 151 Å². The van der Waals surface area contributed by atoms with Crippen molar-refractivity contribution in [2.75, 3.05) is 9.80 Å². The number of rotatable bonds is 2. The fourth-order valence-electron chi connectivity index (χ4n) is 17.8. The molecule has 2 heterocycles. The topological polar surface area (TPSA) is 6.48 Å². The van der Waals surface area contributed by atoms with Crippen LogP contribution in [0.2, 0.25) is 0 Å². The van der Waals surface area contributed by atoms with Crippen LogP contribution in [0.3, 0.4) is 0 Å². The van der Waals surface area contributed by atoms with Crippen LogP contribution in [0.15, 0.2) is 152 Å². The van der Waals surface area contributed by atoms with Crippen LogP contribution in [-0.4, -0.2) is 6.71 Å². The minimum atomic E-state index is -0.0171. The normalized spacial score (nSPS) is 30.0. The quantitative estimate of drug-likeness (QED) is 0.160. The van der Waals surface area contributed by atoms with Crippen LogP contribution in [-0.2, 0) is 10.8 Å². The van der Waals surface area contributed by atoms with Crippen molar-refractivity contribution in [1.29, 1.82) is 0 Å². The molecule has 4 saturated carbocycles.